The highest BCUT2D eigenvalue weighted by Crippen LogP contribution is 2.37. The van der Waals surface area contributed by atoms with Gasteiger partial charge in [0.05, 0.1) is 28.3 Å². The minimum atomic E-state index is 0.702. The van der Waals surface area contributed by atoms with Crippen molar-refractivity contribution in [1.82, 2.24) is 19.1 Å². The summed E-state index contributed by atoms with van der Waals surface area (Å²) in [5.74, 6) is 0. The second-order valence-electron chi connectivity index (χ2n) is 14.7. The van der Waals surface area contributed by atoms with Crippen molar-refractivity contribution >= 4 is 97.9 Å². The summed E-state index contributed by atoms with van der Waals surface area (Å²) < 4.78 is 4.65. The van der Waals surface area contributed by atoms with Gasteiger partial charge in [0.25, 0.3) is 0 Å². The standard InChI is InChI=1S/C52H32N4/c1-3-16-42(17-4-1)55-47-23-20-39-29-44(47)45-31-41(22-25-48(45)55)52-53-32-50-51(54-52)46-30-40(21-24-49(46)56(50)43-18-5-2-6-19-43)38-15-9-13-36(28-38)34-11-7-10-33(26-34)35-12-8-14-37(39)27-35/h1-32H. The van der Waals surface area contributed by atoms with Crippen LogP contribution < -0.4 is 0 Å². The van der Waals surface area contributed by atoms with Gasteiger partial charge >= 0.3 is 0 Å². The molecular weight excluding hydrogens is 681 g/mol. The number of hydrogen-bond donors (Lipinski definition) is 0. The first kappa shape index (κ1) is 30.9. The molecule has 12 rings (SSSR count). The molecule has 4 heteroatoms. The third-order valence-electron chi connectivity index (χ3n) is 11.5. The smallest absolute Gasteiger partial charge is 0.159 e. The van der Waals surface area contributed by atoms with Crippen LogP contribution in [-0.4, -0.2) is 19.1 Å². The van der Waals surface area contributed by atoms with Crippen molar-refractivity contribution in [2.24, 2.45) is 0 Å². The second-order valence-corrected chi connectivity index (χ2v) is 14.7. The van der Waals surface area contributed by atoms with Crippen LogP contribution in [0.1, 0.15) is 0 Å². The maximum atomic E-state index is 5.40. The van der Waals surface area contributed by atoms with Crippen molar-refractivity contribution in [3.63, 3.8) is 0 Å². The van der Waals surface area contributed by atoms with Crippen molar-refractivity contribution < 1.29 is 0 Å². The molecule has 0 radical (unpaired) electrons. The van der Waals surface area contributed by atoms with Gasteiger partial charge in [0, 0.05) is 32.9 Å². The van der Waals surface area contributed by atoms with E-state index in [0.717, 1.165) is 65.9 Å². The molecule has 260 valence electrons. The van der Waals surface area contributed by atoms with E-state index in [1.54, 1.807) is 0 Å². The molecule has 0 saturated heterocycles. The highest BCUT2D eigenvalue weighted by Gasteiger charge is 2.17. The fourth-order valence-electron chi connectivity index (χ4n) is 8.79. The number of aromatic nitrogens is 4. The van der Waals surface area contributed by atoms with Crippen LogP contribution in [0.4, 0.5) is 0 Å². The number of nitrogens with zero attached hydrogens (tertiary/aromatic N) is 4. The Morgan fingerprint density at radius 3 is 1.20 bits per heavy atom. The van der Waals surface area contributed by atoms with Crippen LogP contribution in [-0.2, 0) is 0 Å². The zero-order valence-corrected chi connectivity index (χ0v) is 30.3. The van der Waals surface area contributed by atoms with Gasteiger partial charge in [0.2, 0.25) is 0 Å². The van der Waals surface area contributed by atoms with Gasteiger partial charge in [-0.25, -0.2) is 9.97 Å². The molecule has 4 aromatic heterocycles. The molecular formula is C52H32N4. The molecule has 4 heterocycles. The Hall–Kier alpha value is -7.56. The van der Waals surface area contributed by atoms with E-state index in [-0.39, 0.29) is 0 Å². The van der Waals surface area contributed by atoms with Crippen molar-refractivity contribution in [3.05, 3.63) is 194 Å². The minimum Gasteiger partial charge on any atom is -0.309 e. The van der Waals surface area contributed by atoms with E-state index in [2.05, 4.69) is 197 Å². The molecule has 0 aliphatic carbocycles. The van der Waals surface area contributed by atoms with Crippen LogP contribution >= 0.6 is 0 Å². The first-order valence-corrected chi connectivity index (χ1v) is 19.1. The van der Waals surface area contributed by atoms with Crippen molar-refractivity contribution in [2.45, 2.75) is 0 Å². The zero-order chi connectivity index (χ0) is 36.7. The van der Waals surface area contributed by atoms with Gasteiger partial charge in [-0.05, 0) is 128 Å². The van der Waals surface area contributed by atoms with Crippen molar-refractivity contribution in [1.29, 1.82) is 0 Å². The Kier molecular flexibility index (Phi) is 6.60. The lowest BCUT2D eigenvalue weighted by molar-refractivity contribution is 1.16. The van der Waals surface area contributed by atoms with Crippen LogP contribution in [0.2, 0.25) is 0 Å². The Morgan fingerprint density at radius 2 is 0.696 bits per heavy atom. The van der Waals surface area contributed by atoms with Gasteiger partial charge in [-0.15, -0.1) is 0 Å². The Bertz CT molecular complexity index is 3400. The molecule has 14 bridgehead atoms. The molecule has 0 amide bonds. The summed E-state index contributed by atoms with van der Waals surface area (Å²) in [6, 6.07) is 68.2. The number of hydrogen-bond acceptors (Lipinski definition) is 2. The van der Waals surface area contributed by atoms with Gasteiger partial charge in [0.1, 0.15) is 5.52 Å². The normalized spacial score (nSPS) is 11.9. The Balaban J connectivity index is 1.27. The molecule has 0 spiro atoms. The topological polar surface area (TPSA) is 35.6 Å². The van der Waals surface area contributed by atoms with E-state index in [0.29, 0.717) is 5.65 Å². The van der Waals surface area contributed by atoms with E-state index < -0.39 is 0 Å². The maximum Gasteiger partial charge on any atom is 0.159 e. The van der Waals surface area contributed by atoms with Crippen molar-refractivity contribution in [2.75, 3.05) is 0 Å². The third-order valence-corrected chi connectivity index (χ3v) is 11.5. The first-order chi connectivity index (χ1) is 27.7. The lowest BCUT2D eigenvalue weighted by Gasteiger charge is -2.07. The predicted molar refractivity (Wildman–Crippen MR) is 236 cm³/mol. The van der Waals surface area contributed by atoms with E-state index in [4.69, 9.17) is 9.97 Å². The fraction of sp³-hybridized carbons (Fsp3) is 0. The average molecular weight is 713 g/mol. The molecule has 4 nitrogen and oxygen atoms in total. The molecule has 0 unspecified atom stereocenters. The van der Waals surface area contributed by atoms with E-state index >= 15 is 0 Å². The number of benzene rings is 8. The number of fused-ring (bicyclic) bond motifs is 15. The largest absolute Gasteiger partial charge is 0.309 e. The quantitative estimate of drug-likeness (QED) is 0.179. The van der Waals surface area contributed by atoms with Gasteiger partial charge in [-0.3, -0.25) is 0 Å². The van der Waals surface area contributed by atoms with Crippen LogP contribution in [0.5, 0.6) is 0 Å². The summed E-state index contributed by atoms with van der Waals surface area (Å²) in [7, 11) is 0. The second kappa shape index (κ2) is 12.0. The lowest BCUT2D eigenvalue weighted by Crippen LogP contribution is -1.94. The van der Waals surface area contributed by atoms with Gasteiger partial charge in [-0.2, -0.15) is 0 Å². The SMILES string of the molecule is c1ccc(-n2c3ccc4cc3c3cc(ccc32)c2ncc3c(n2)c2cc(ccc2n3-c2ccccc2)c2cccc(c2)c2cccc(c2)c2cccc4c2)cc1. The lowest BCUT2D eigenvalue weighted by atomic mass is 10.0. The summed E-state index contributed by atoms with van der Waals surface area (Å²) in [5, 5.41) is 13.8. The summed E-state index contributed by atoms with van der Waals surface area (Å²) in [6.45, 7) is 0. The summed E-state index contributed by atoms with van der Waals surface area (Å²) in [4.78, 5) is 10.5. The van der Waals surface area contributed by atoms with Gasteiger partial charge < -0.3 is 9.13 Å². The molecule has 0 saturated carbocycles. The molecule has 56 heavy (non-hydrogen) atoms. The molecule has 0 fully saturated rings. The molecule has 0 aliphatic heterocycles. The highest BCUT2D eigenvalue weighted by molar-refractivity contribution is 6.15. The minimum absolute atomic E-state index is 0.702. The predicted octanol–water partition coefficient (Wildman–Crippen LogP) is 13.6. The molecule has 0 aliphatic rings. The average Bonchev–Trinajstić information content (AvgIpc) is 3.78. The summed E-state index contributed by atoms with van der Waals surface area (Å²) >= 11 is 0. The van der Waals surface area contributed by atoms with Gasteiger partial charge in [-0.1, -0.05) is 103 Å². The number of para-hydroxylation sites is 2. The monoisotopic (exact) mass is 712 g/mol. The maximum absolute atomic E-state index is 5.40. The first-order valence-electron chi connectivity index (χ1n) is 19.1. The van der Waals surface area contributed by atoms with Crippen LogP contribution in [0.3, 0.4) is 0 Å². The van der Waals surface area contributed by atoms with Gasteiger partial charge in [0.15, 0.2) is 5.65 Å². The Labute approximate surface area is 321 Å². The highest BCUT2D eigenvalue weighted by atomic mass is 15.0. The summed E-state index contributed by atoms with van der Waals surface area (Å²) in [5.41, 5.74) is 8.21. The van der Waals surface area contributed by atoms with E-state index in [1.807, 2.05) is 6.20 Å². The molecule has 12 aromatic rings. The number of rotatable bonds is 2. The van der Waals surface area contributed by atoms with Crippen LogP contribution in [0.25, 0.3) is 109 Å². The van der Waals surface area contributed by atoms with E-state index in [1.165, 1.54) is 37.7 Å². The third kappa shape index (κ3) is 4.73. The van der Waals surface area contributed by atoms with Crippen molar-refractivity contribution in [3.8, 4) is 11.4 Å². The fourth-order valence-corrected chi connectivity index (χ4v) is 8.79. The summed E-state index contributed by atoms with van der Waals surface area (Å²) in [6.07, 6.45) is 2.00. The van der Waals surface area contributed by atoms with E-state index in [9.17, 15) is 0 Å². The molecule has 0 atom stereocenters. The zero-order valence-electron chi connectivity index (χ0n) is 30.3. The molecule has 8 aromatic carbocycles. The van der Waals surface area contributed by atoms with Crippen LogP contribution in [0, 0.1) is 0 Å². The Morgan fingerprint density at radius 1 is 0.304 bits per heavy atom. The van der Waals surface area contributed by atoms with Crippen LogP contribution in [0.15, 0.2) is 194 Å². The molecule has 0 N–H and O–H groups in total.